The molecule has 104 valence electrons. The highest BCUT2D eigenvalue weighted by Gasteiger charge is 2.22. The molecule has 7 nitrogen and oxygen atoms in total. The molecule has 0 bridgehead atoms. The Morgan fingerprint density at radius 3 is 2.95 bits per heavy atom. The van der Waals surface area contributed by atoms with Gasteiger partial charge in [-0.2, -0.15) is 0 Å². The third kappa shape index (κ3) is 2.08. The lowest BCUT2D eigenvalue weighted by molar-refractivity contribution is 0.0656. The molecule has 1 N–H and O–H groups in total. The summed E-state index contributed by atoms with van der Waals surface area (Å²) in [5.74, 6) is 0.00514. The SMILES string of the molecule is COCc1nc(-c2ccc3c(c2)OCO3)oc1C(=O)O. The van der Waals surface area contributed by atoms with Crippen molar-refractivity contribution >= 4 is 5.97 Å². The normalized spacial score (nSPS) is 12.7. The smallest absolute Gasteiger partial charge is 0.373 e. The Hall–Kier alpha value is -2.54. The molecule has 1 aliphatic heterocycles. The number of ether oxygens (including phenoxy) is 3. The summed E-state index contributed by atoms with van der Waals surface area (Å²) in [5.41, 5.74) is 0.853. The van der Waals surface area contributed by atoms with Gasteiger partial charge in [-0.15, -0.1) is 0 Å². The minimum atomic E-state index is -1.18. The molecule has 0 atom stereocenters. The quantitative estimate of drug-likeness (QED) is 0.912. The van der Waals surface area contributed by atoms with Crippen LogP contribution >= 0.6 is 0 Å². The van der Waals surface area contributed by atoms with E-state index in [4.69, 9.17) is 23.7 Å². The van der Waals surface area contributed by atoms with E-state index < -0.39 is 5.97 Å². The molecule has 3 rings (SSSR count). The summed E-state index contributed by atoms with van der Waals surface area (Å²) in [7, 11) is 1.46. The van der Waals surface area contributed by atoms with Gasteiger partial charge in [0.25, 0.3) is 0 Å². The molecule has 1 aromatic heterocycles. The Bertz CT molecular complexity index is 663. The summed E-state index contributed by atoms with van der Waals surface area (Å²) in [6.45, 7) is 0.232. The standard InChI is InChI=1S/C13H11NO6/c1-17-5-8-11(13(15)16)20-12(14-8)7-2-3-9-10(4-7)19-6-18-9/h2-4H,5-6H2,1H3,(H,15,16). The summed E-state index contributed by atoms with van der Waals surface area (Å²) >= 11 is 0. The fourth-order valence-electron chi connectivity index (χ4n) is 1.91. The molecule has 0 amide bonds. The number of hydrogen-bond acceptors (Lipinski definition) is 6. The Kier molecular flexibility index (Phi) is 3.03. The zero-order valence-electron chi connectivity index (χ0n) is 10.6. The molecule has 0 saturated heterocycles. The van der Waals surface area contributed by atoms with Crippen LogP contribution in [0.1, 0.15) is 16.2 Å². The molecule has 2 aromatic rings. The van der Waals surface area contributed by atoms with Gasteiger partial charge in [0.05, 0.1) is 6.61 Å². The van der Waals surface area contributed by atoms with Crippen LogP contribution in [0.15, 0.2) is 22.6 Å². The Morgan fingerprint density at radius 2 is 2.20 bits per heavy atom. The number of carboxylic acids is 1. The predicted octanol–water partition coefficient (Wildman–Crippen LogP) is 1.91. The van der Waals surface area contributed by atoms with Crippen LogP contribution in [-0.4, -0.2) is 30.0 Å². The van der Waals surface area contributed by atoms with Crippen LogP contribution in [0.5, 0.6) is 11.5 Å². The van der Waals surface area contributed by atoms with Crippen LogP contribution in [0.4, 0.5) is 0 Å². The van der Waals surface area contributed by atoms with Crippen LogP contribution in [0, 0.1) is 0 Å². The van der Waals surface area contributed by atoms with E-state index in [2.05, 4.69) is 4.98 Å². The van der Waals surface area contributed by atoms with Crippen LogP contribution in [0.3, 0.4) is 0 Å². The minimum Gasteiger partial charge on any atom is -0.475 e. The molecular formula is C13H11NO6. The molecule has 2 heterocycles. The number of hydrogen-bond donors (Lipinski definition) is 1. The third-order valence-electron chi connectivity index (χ3n) is 2.79. The summed E-state index contributed by atoms with van der Waals surface area (Å²) in [4.78, 5) is 15.2. The lowest BCUT2D eigenvalue weighted by Crippen LogP contribution is -2.00. The van der Waals surface area contributed by atoms with E-state index in [0.29, 0.717) is 17.1 Å². The van der Waals surface area contributed by atoms with Gasteiger partial charge in [0, 0.05) is 12.7 Å². The minimum absolute atomic E-state index is 0.0652. The number of fused-ring (bicyclic) bond motifs is 1. The number of carboxylic acid groups (broad SMARTS) is 1. The van der Waals surface area contributed by atoms with Crippen molar-refractivity contribution < 1.29 is 28.5 Å². The lowest BCUT2D eigenvalue weighted by Gasteiger charge is -1.98. The average Bonchev–Trinajstić information content (AvgIpc) is 3.04. The van der Waals surface area contributed by atoms with E-state index in [1.54, 1.807) is 18.2 Å². The number of oxazole rings is 1. The Labute approximate surface area is 113 Å². The molecule has 0 spiro atoms. The molecule has 0 saturated carbocycles. The molecule has 0 unspecified atom stereocenters. The second kappa shape index (κ2) is 4.86. The highest BCUT2D eigenvalue weighted by Crippen LogP contribution is 2.36. The largest absolute Gasteiger partial charge is 0.475 e. The van der Waals surface area contributed by atoms with Crippen molar-refractivity contribution in [2.75, 3.05) is 13.9 Å². The second-order valence-corrected chi connectivity index (χ2v) is 4.10. The number of nitrogens with zero attached hydrogens (tertiary/aromatic N) is 1. The first-order chi connectivity index (χ1) is 9.69. The van der Waals surface area contributed by atoms with Crippen molar-refractivity contribution in [2.24, 2.45) is 0 Å². The summed E-state index contributed by atoms with van der Waals surface area (Å²) in [6.07, 6.45) is 0. The zero-order chi connectivity index (χ0) is 14.1. The maximum absolute atomic E-state index is 11.1. The number of carbonyl (C=O) groups is 1. The number of aromatic nitrogens is 1. The van der Waals surface area contributed by atoms with E-state index in [-0.39, 0.29) is 30.7 Å². The Balaban J connectivity index is 2.01. The van der Waals surface area contributed by atoms with E-state index in [0.717, 1.165) is 0 Å². The van der Waals surface area contributed by atoms with Gasteiger partial charge in [-0.1, -0.05) is 0 Å². The number of rotatable bonds is 4. The first-order valence-corrected chi connectivity index (χ1v) is 5.81. The number of benzene rings is 1. The zero-order valence-corrected chi connectivity index (χ0v) is 10.6. The molecule has 0 fully saturated rings. The van der Waals surface area contributed by atoms with Gasteiger partial charge in [0.2, 0.25) is 18.4 Å². The monoisotopic (exact) mass is 277 g/mol. The van der Waals surface area contributed by atoms with Crippen LogP contribution in [-0.2, 0) is 11.3 Å². The molecule has 20 heavy (non-hydrogen) atoms. The molecule has 0 radical (unpaired) electrons. The molecule has 1 aromatic carbocycles. The number of methoxy groups -OCH3 is 1. The first-order valence-electron chi connectivity index (χ1n) is 5.81. The van der Waals surface area contributed by atoms with E-state index >= 15 is 0 Å². The Morgan fingerprint density at radius 1 is 1.40 bits per heavy atom. The van der Waals surface area contributed by atoms with Crippen LogP contribution in [0.25, 0.3) is 11.5 Å². The van der Waals surface area contributed by atoms with Gasteiger partial charge in [-0.05, 0) is 18.2 Å². The van der Waals surface area contributed by atoms with Crippen LogP contribution in [0.2, 0.25) is 0 Å². The van der Waals surface area contributed by atoms with Gasteiger partial charge in [-0.25, -0.2) is 9.78 Å². The van der Waals surface area contributed by atoms with E-state index in [1.165, 1.54) is 7.11 Å². The van der Waals surface area contributed by atoms with Crippen molar-refractivity contribution in [3.63, 3.8) is 0 Å². The topological polar surface area (TPSA) is 91.0 Å². The van der Waals surface area contributed by atoms with Gasteiger partial charge in [-0.3, -0.25) is 0 Å². The summed E-state index contributed by atoms with van der Waals surface area (Å²) in [6, 6.07) is 5.14. The van der Waals surface area contributed by atoms with E-state index in [9.17, 15) is 4.79 Å². The van der Waals surface area contributed by atoms with Crippen molar-refractivity contribution in [1.29, 1.82) is 0 Å². The molecule has 0 aliphatic carbocycles. The highest BCUT2D eigenvalue weighted by molar-refractivity contribution is 5.86. The molecule has 1 aliphatic rings. The van der Waals surface area contributed by atoms with Crippen molar-refractivity contribution in [2.45, 2.75) is 6.61 Å². The lowest BCUT2D eigenvalue weighted by atomic mass is 10.2. The second-order valence-electron chi connectivity index (χ2n) is 4.10. The maximum Gasteiger partial charge on any atom is 0.373 e. The van der Waals surface area contributed by atoms with Crippen LogP contribution < -0.4 is 9.47 Å². The average molecular weight is 277 g/mol. The third-order valence-corrected chi connectivity index (χ3v) is 2.79. The summed E-state index contributed by atoms with van der Waals surface area (Å²) < 4.78 is 20.7. The molecule has 7 heteroatoms. The van der Waals surface area contributed by atoms with E-state index in [1.807, 2.05) is 0 Å². The van der Waals surface area contributed by atoms with Gasteiger partial charge < -0.3 is 23.7 Å². The fraction of sp³-hybridized carbons (Fsp3) is 0.231. The first kappa shape index (κ1) is 12.5. The van der Waals surface area contributed by atoms with Crippen molar-refractivity contribution in [1.82, 2.24) is 4.98 Å². The number of aromatic carboxylic acids is 1. The van der Waals surface area contributed by atoms with Gasteiger partial charge >= 0.3 is 5.97 Å². The van der Waals surface area contributed by atoms with Gasteiger partial charge in [0.15, 0.2) is 11.5 Å². The highest BCUT2D eigenvalue weighted by atomic mass is 16.7. The van der Waals surface area contributed by atoms with Crippen molar-refractivity contribution in [3.8, 4) is 23.0 Å². The van der Waals surface area contributed by atoms with Gasteiger partial charge in [0.1, 0.15) is 5.69 Å². The fourth-order valence-corrected chi connectivity index (χ4v) is 1.91. The molecular weight excluding hydrogens is 266 g/mol. The predicted molar refractivity (Wildman–Crippen MR) is 65.7 cm³/mol. The van der Waals surface area contributed by atoms with Crippen molar-refractivity contribution in [3.05, 3.63) is 29.7 Å². The maximum atomic E-state index is 11.1. The summed E-state index contributed by atoms with van der Waals surface area (Å²) in [5, 5.41) is 9.07.